The molecule has 10 heteroatoms. The van der Waals surface area contributed by atoms with Crippen molar-refractivity contribution in [2.24, 2.45) is 5.92 Å². The summed E-state index contributed by atoms with van der Waals surface area (Å²) in [4.78, 5) is 38.4. The van der Waals surface area contributed by atoms with Crippen molar-refractivity contribution in [3.05, 3.63) is 24.3 Å². The fourth-order valence-corrected chi connectivity index (χ4v) is 3.83. The zero-order chi connectivity index (χ0) is 20.2. The third-order valence-corrected chi connectivity index (χ3v) is 5.79. The molecule has 5 rings (SSSR count). The van der Waals surface area contributed by atoms with E-state index in [1.54, 1.807) is 29.8 Å². The van der Waals surface area contributed by atoms with Crippen LogP contribution in [0.25, 0.3) is 11.4 Å². The Morgan fingerprint density at radius 2 is 2.07 bits per heavy atom. The molecule has 150 valence electrons. The second-order valence-corrected chi connectivity index (χ2v) is 8.11. The van der Waals surface area contributed by atoms with Crippen molar-refractivity contribution in [2.75, 3.05) is 11.9 Å². The second kappa shape index (κ2) is 6.36. The molecule has 3 fully saturated rings. The number of imide groups is 1. The highest BCUT2D eigenvalue weighted by Gasteiger charge is 2.56. The number of hydrogen-bond acceptors (Lipinski definition) is 6. The molecule has 29 heavy (non-hydrogen) atoms. The minimum atomic E-state index is -0.892. The van der Waals surface area contributed by atoms with Gasteiger partial charge in [-0.2, -0.15) is 0 Å². The average Bonchev–Trinajstić information content (AvgIpc) is 3.63. The fraction of sp³-hybridized carbons (Fsp3) is 0.474. The number of tetrazole rings is 1. The first kappa shape index (κ1) is 17.8. The number of urea groups is 1. The molecule has 0 bridgehead atoms. The Kier molecular flexibility index (Phi) is 3.90. The quantitative estimate of drug-likeness (QED) is 0.712. The largest absolute Gasteiger partial charge is 0.325 e. The first-order chi connectivity index (χ1) is 14.0. The number of anilines is 1. The summed E-state index contributed by atoms with van der Waals surface area (Å²) in [5.74, 6) is 0.0315. The predicted molar refractivity (Wildman–Crippen MR) is 102 cm³/mol. The van der Waals surface area contributed by atoms with E-state index in [9.17, 15) is 14.4 Å². The number of hydrogen-bond donors (Lipinski definition) is 2. The first-order valence-corrected chi connectivity index (χ1v) is 9.78. The van der Waals surface area contributed by atoms with Crippen LogP contribution >= 0.6 is 0 Å². The molecule has 2 saturated carbocycles. The molecule has 2 N–H and O–H groups in total. The Morgan fingerprint density at radius 3 is 2.79 bits per heavy atom. The number of carbonyl (C=O) groups excluding carboxylic acids is 3. The normalized spacial score (nSPS) is 24.0. The standard InChI is InChI=1S/C19H21N7O3/c1-19(12-5-6-12)17(28)25(18(29)21-19)10-15(27)20-13-4-2-3-11(9-13)16-22-23-24-26(16)14-7-8-14/h2-4,9,12,14H,5-8,10H2,1H3,(H,20,27)(H,21,29)/t19-/m0/s1. The lowest BCUT2D eigenvalue weighted by Crippen LogP contribution is -2.46. The summed E-state index contributed by atoms with van der Waals surface area (Å²) in [6, 6.07) is 7.01. The number of benzene rings is 1. The third kappa shape index (κ3) is 3.14. The number of carbonyl (C=O) groups is 3. The molecule has 0 radical (unpaired) electrons. The minimum Gasteiger partial charge on any atom is -0.325 e. The highest BCUT2D eigenvalue weighted by molar-refractivity contribution is 6.10. The van der Waals surface area contributed by atoms with Crippen molar-refractivity contribution in [3.63, 3.8) is 0 Å². The van der Waals surface area contributed by atoms with Gasteiger partial charge >= 0.3 is 6.03 Å². The van der Waals surface area contributed by atoms with Crippen LogP contribution < -0.4 is 10.6 Å². The van der Waals surface area contributed by atoms with Crippen LogP contribution in [0.1, 0.15) is 38.6 Å². The summed E-state index contributed by atoms with van der Waals surface area (Å²) in [6.07, 6.45) is 3.94. The maximum absolute atomic E-state index is 12.7. The average molecular weight is 395 g/mol. The number of aromatic nitrogens is 4. The molecule has 0 unspecified atom stereocenters. The summed E-state index contributed by atoms with van der Waals surface area (Å²) in [5.41, 5.74) is 0.447. The van der Waals surface area contributed by atoms with E-state index in [0.717, 1.165) is 36.1 Å². The van der Waals surface area contributed by atoms with Gasteiger partial charge in [0.15, 0.2) is 5.82 Å². The van der Waals surface area contributed by atoms with E-state index in [2.05, 4.69) is 26.2 Å². The molecule has 0 spiro atoms. The molecule has 2 aliphatic carbocycles. The summed E-state index contributed by atoms with van der Waals surface area (Å²) < 4.78 is 1.80. The van der Waals surface area contributed by atoms with Gasteiger partial charge in [-0.25, -0.2) is 9.48 Å². The zero-order valence-corrected chi connectivity index (χ0v) is 16.0. The van der Waals surface area contributed by atoms with Crippen molar-refractivity contribution in [1.82, 2.24) is 30.4 Å². The Bertz CT molecular complexity index is 1010. The molecule has 1 saturated heterocycles. The van der Waals surface area contributed by atoms with Gasteiger partial charge in [-0.3, -0.25) is 14.5 Å². The van der Waals surface area contributed by atoms with Crippen LogP contribution in [-0.2, 0) is 9.59 Å². The van der Waals surface area contributed by atoms with Crippen molar-refractivity contribution >= 4 is 23.5 Å². The predicted octanol–water partition coefficient (Wildman–Crippen LogP) is 1.33. The van der Waals surface area contributed by atoms with E-state index >= 15 is 0 Å². The van der Waals surface area contributed by atoms with E-state index in [-0.39, 0.29) is 18.4 Å². The van der Waals surface area contributed by atoms with Crippen molar-refractivity contribution in [1.29, 1.82) is 0 Å². The van der Waals surface area contributed by atoms with Crippen molar-refractivity contribution < 1.29 is 14.4 Å². The molecule has 3 aliphatic rings. The number of amides is 4. The van der Waals surface area contributed by atoms with Gasteiger partial charge in [0.2, 0.25) is 5.91 Å². The maximum Gasteiger partial charge on any atom is 0.325 e. The second-order valence-electron chi connectivity index (χ2n) is 8.11. The number of rotatable bonds is 6. The van der Waals surface area contributed by atoms with E-state index in [1.165, 1.54) is 0 Å². The minimum absolute atomic E-state index is 0.154. The Morgan fingerprint density at radius 1 is 1.28 bits per heavy atom. The van der Waals surface area contributed by atoms with Crippen LogP contribution in [0.15, 0.2) is 24.3 Å². The van der Waals surface area contributed by atoms with Gasteiger partial charge < -0.3 is 10.6 Å². The summed E-state index contributed by atoms with van der Waals surface area (Å²) >= 11 is 0. The number of nitrogens with zero attached hydrogens (tertiary/aromatic N) is 5. The number of nitrogens with one attached hydrogen (secondary N) is 2. The molecule has 4 amide bonds. The molecular weight excluding hydrogens is 374 g/mol. The van der Waals surface area contributed by atoms with Gasteiger partial charge in [-0.1, -0.05) is 12.1 Å². The molecule has 1 aliphatic heterocycles. The van der Waals surface area contributed by atoms with Gasteiger partial charge in [-0.05, 0) is 61.1 Å². The van der Waals surface area contributed by atoms with Gasteiger partial charge in [0.05, 0.1) is 6.04 Å². The molecule has 10 nitrogen and oxygen atoms in total. The third-order valence-electron chi connectivity index (χ3n) is 5.79. The van der Waals surface area contributed by atoms with Gasteiger partial charge in [0, 0.05) is 11.3 Å². The molecule has 2 aromatic rings. The van der Waals surface area contributed by atoms with E-state index in [1.807, 2.05) is 6.07 Å². The monoisotopic (exact) mass is 395 g/mol. The van der Waals surface area contributed by atoms with Crippen LogP contribution in [0.4, 0.5) is 10.5 Å². The van der Waals surface area contributed by atoms with E-state index in [0.29, 0.717) is 17.6 Å². The van der Waals surface area contributed by atoms with Crippen molar-refractivity contribution in [3.8, 4) is 11.4 Å². The summed E-state index contributed by atoms with van der Waals surface area (Å²) in [5, 5.41) is 17.4. The first-order valence-electron chi connectivity index (χ1n) is 9.78. The van der Waals surface area contributed by atoms with Crippen molar-refractivity contribution in [2.45, 2.75) is 44.2 Å². The van der Waals surface area contributed by atoms with Gasteiger partial charge in [0.25, 0.3) is 5.91 Å². The molecule has 2 heterocycles. The van der Waals surface area contributed by atoms with Crippen LogP contribution in [0.3, 0.4) is 0 Å². The van der Waals surface area contributed by atoms with Gasteiger partial charge in [0.1, 0.15) is 12.1 Å². The van der Waals surface area contributed by atoms with E-state index < -0.39 is 17.5 Å². The summed E-state index contributed by atoms with van der Waals surface area (Å²) in [7, 11) is 0. The van der Waals surface area contributed by atoms with Crippen LogP contribution in [-0.4, -0.2) is 55.0 Å². The lowest BCUT2D eigenvalue weighted by Gasteiger charge is -2.20. The Balaban J connectivity index is 1.28. The molecular formula is C19H21N7O3. The highest BCUT2D eigenvalue weighted by atomic mass is 16.2. The maximum atomic E-state index is 12.7. The van der Waals surface area contributed by atoms with E-state index in [4.69, 9.17) is 0 Å². The summed E-state index contributed by atoms with van der Waals surface area (Å²) in [6.45, 7) is 1.41. The Hall–Kier alpha value is -3.30. The highest BCUT2D eigenvalue weighted by Crippen LogP contribution is 2.42. The molecule has 1 aromatic carbocycles. The lowest BCUT2D eigenvalue weighted by atomic mass is 9.96. The fourth-order valence-electron chi connectivity index (χ4n) is 3.83. The lowest BCUT2D eigenvalue weighted by molar-refractivity contribution is -0.134. The zero-order valence-electron chi connectivity index (χ0n) is 16.0. The SMILES string of the molecule is C[C@@]1(C2CC2)NC(=O)N(CC(=O)Nc2cccc(-c3nnnn3C3CC3)c2)C1=O. The topological polar surface area (TPSA) is 122 Å². The van der Waals surface area contributed by atoms with Crippen LogP contribution in [0.5, 0.6) is 0 Å². The molecule has 1 atom stereocenters. The Labute approximate surface area is 166 Å². The van der Waals surface area contributed by atoms with Gasteiger partial charge in [-0.15, -0.1) is 5.10 Å². The van der Waals surface area contributed by atoms with Crippen LogP contribution in [0, 0.1) is 5.92 Å². The molecule has 1 aromatic heterocycles. The smallest absolute Gasteiger partial charge is 0.325 e. The van der Waals surface area contributed by atoms with Crippen LogP contribution in [0.2, 0.25) is 0 Å².